The Bertz CT molecular complexity index is 400. The zero-order valence-corrected chi connectivity index (χ0v) is 10.2. The number of nitro benzene ring substituents is 1. The fourth-order valence-corrected chi connectivity index (χ4v) is 2.00. The highest BCUT2D eigenvalue weighted by atomic mass is 32.2. The highest BCUT2D eigenvalue weighted by molar-refractivity contribution is 7.99. The fraction of sp³-hybridized carbons (Fsp3) is 0.400. The Hall–Kier alpha value is -1.31. The number of nitrogens with two attached hydrogens (primary N) is 1. The van der Waals surface area contributed by atoms with Crippen LogP contribution in [0.25, 0.3) is 0 Å². The maximum atomic E-state index is 10.7. The third kappa shape index (κ3) is 3.88. The number of hydrogen-bond acceptors (Lipinski definition) is 6. The van der Waals surface area contributed by atoms with E-state index in [0.29, 0.717) is 11.4 Å². The third-order valence-corrected chi connectivity index (χ3v) is 3.42. The molecule has 1 atom stereocenters. The molecule has 0 heterocycles. The molecule has 7 heteroatoms. The van der Waals surface area contributed by atoms with Gasteiger partial charge in [-0.1, -0.05) is 13.0 Å². The van der Waals surface area contributed by atoms with E-state index in [1.165, 1.54) is 6.07 Å². The average molecular weight is 257 g/mol. The van der Waals surface area contributed by atoms with E-state index in [1.54, 1.807) is 23.9 Å². The molecule has 0 aliphatic carbocycles. The van der Waals surface area contributed by atoms with Crippen molar-refractivity contribution >= 4 is 23.1 Å². The van der Waals surface area contributed by atoms with E-state index < -0.39 is 4.92 Å². The van der Waals surface area contributed by atoms with Gasteiger partial charge in [-0.05, 0) is 11.6 Å². The average Bonchev–Trinajstić information content (AvgIpc) is 2.35. The molecule has 0 aliphatic rings. The lowest BCUT2D eigenvalue weighted by molar-refractivity contribution is -0.384. The largest absolute Gasteiger partial charge is 0.395 e. The molecule has 0 aromatic heterocycles. The molecule has 1 unspecified atom stereocenters. The summed E-state index contributed by atoms with van der Waals surface area (Å²) < 4.78 is 0. The van der Waals surface area contributed by atoms with Crippen LogP contribution in [0, 0.1) is 10.1 Å². The van der Waals surface area contributed by atoms with Crippen LogP contribution in [0.5, 0.6) is 0 Å². The van der Waals surface area contributed by atoms with E-state index >= 15 is 0 Å². The molecule has 4 N–H and O–H groups in total. The molecule has 0 fully saturated rings. The van der Waals surface area contributed by atoms with Crippen molar-refractivity contribution in [3.63, 3.8) is 0 Å². The lowest BCUT2D eigenvalue weighted by Gasteiger charge is -2.09. The van der Waals surface area contributed by atoms with E-state index in [9.17, 15) is 10.1 Å². The van der Waals surface area contributed by atoms with Crippen LogP contribution in [0.15, 0.2) is 18.2 Å². The monoisotopic (exact) mass is 257 g/mol. The topological polar surface area (TPSA) is 101 Å². The van der Waals surface area contributed by atoms with Gasteiger partial charge in [0, 0.05) is 17.1 Å². The first kappa shape index (κ1) is 13.8. The van der Waals surface area contributed by atoms with Crippen molar-refractivity contribution in [2.24, 2.45) is 5.84 Å². The number of nitrogen functional groups attached to an aromatic ring is 1. The highest BCUT2D eigenvalue weighted by Gasteiger charge is 2.13. The molecular formula is C10H15N3O3S. The minimum atomic E-state index is -0.484. The predicted octanol–water partition coefficient (Wildman–Crippen LogP) is 1.49. The van der Waals surface area contributed by atoms with Gasteiger partial charge in [-0.15, -0.1) is 0 Å². The van der Waals surface area contributed by atoms with E-state index in [-0.39, 0.29) is 17.5 Å². The first-order valence-electron chi connectivity index (χ1n) is 5.05. The Morgan fingerprint density at radius 1 is 1.65 bits per heavy atom. The van der Waals surface area contributed by atoms with Gasteiger partial charge in [0.05, 0.1) is 11.5 Å². The van der Waals surface area contributed by atoms with Crippen LogP contribution in [0.4, 0.5) is 11.4 Å². The number of nitro groups is 1. The SMILES string of the molecule is CC(CO)SCc1ccc([N+](=O)[O-])c(NN)c1. The standard InChI is InChI=1S/C10H15N3O3S/c1-7(5-14)17-6-8-2-3-10(13(15)16)9(4-8)12-11/h2-4,7,12,14H,5-6,11H2,1H3. The van der Waals surface area contributed by atoms with Gasteiger partial charge < -0.3 is 10.5 Å². The van der Waals surface area contributed by atoms with Gasteiger partial charge in [0.25, 0.3) is 5.69 Å². The van der Waals surface area contributed by atoms with Crippen molar-refractivity contribution in [1.82, 2.24) is 0 Å². The van der Waals surface area contributed by atoms with Crippen molar-refractivity contribution in [2.45, 2.75) is 17.9 Å². The Morgan fingerprint density at radius 2 is 2.35 bits per heavy atom. The van der Waals surface area contributed by atoms with Gasteiger partial charge in [0.2, 0.25) is 0 Å². The van der Waals surface area contributed by atoms with Gasteiger partial charge in [0.1, 0.15) is 5.69 Å². The second-order valence-electron chi connectivity index (χ2n) is 3.56. The summed E-state index contributed by atoms with van der Waals surface area (Å²) in [7, 11) is 0. The van der Waals surface area contributed by atoms with E-state index in [1.807, 2.05) is 6.92 Å². The minimum absolute atomic E-state index is 0.0449. The van der Waals surface area contributed by atoms with Crippen LogP contribution >= 0.6 is 11.8 Å². The maximum absolute atomic E-state index is 10.7. The Labute approximate surface area is 103 Å². The molecule has 1 aromatic carbocycles. The Balaban J connectivity index is 2.79. The lowest BCUT2D eigenvalue weighted by atomic mass is 10.2. The van der Waals surface area contributed by atoms with Crippen molar-refractivity contribution in [2.75, 3.05) is 12.0 Å². The summed E-state index contributed by atoms with van der Waals surface area (Å²) in [6, 6.07) is 4.76. The quantitative estimate of drug-likeness (QED) is 0.405. The van der Waals surface area contributed by atoms with Gasteiger partial charge in [0.15, 0.2) is 0 Å². The van der Waals surface area contributed by atoms with Crippen molar-refractivity contribution < 1.29 is 10.0 Å². The number of nitrogens with zero attached hydrogens (tertiary/aromatic N) is 1. The van der Waals surface area contributed by atoms with Gasteiger partial charge in [-0.3, -0.25) is 16.0 Å². The van der Waals surface area contributed by atoms with Crippen LogP contribution in [0.2, 0.25) is 0 Å². The molecule has 0 radical (unpaired) electrons. The number of hydrazine groups is 1. The zero-order chi connectivity index (χ0) is 12.8. The maximum Gasteiger partial charge on any atom is 0.293 e. The molecule has 0 spiro atoms. The molecule has 0 aliphatic heterocycles. The summed E-state index contributed by atoms with van der Waals surface area (Å²) in [5, 5.41) is 19.7. The number of anilines is 1. The summed E-state index contributed by atoms with van der Waals surface area (Å²) in [6.45, 7) is 2.03. The highest BCUT2D eigenvalue weighted by Crippen LogP contribution is 2.27. The summed E-state index contributed by atoms with van der Waals surface area (Å²) in [5.74, 6) is 5.91. The Morgan fingerprint density at radius 3 is 2.88 bits per heavy atom. The number of hydrogen-bond donors (Lipinski definition) is 3. The number of aliphatic hydroxyl groups excluding tert-OH is 1. The van der Waals surface area contributed by atoms with E-state index in [2.05, 4.69) is 5.43 Å². The number of thioether (sulfide) groups is 1. The minimum Gasteiger partial charge on any atom is -0.395 e. The molecular weight excluding hydrogens is 242 g/mol. The molecule has 1 rings (SSSR count). The molecule has 17 heavy (non-hydrogen) atoms. The van der Waals surface area contributed by atoms with Crippen molar-refractivity contribution in [3.8, 4) is 0 Å². The van der Waals surface area contributed by atoms with Crippen molar-refractivity contribution in [1.29, 1.82) is 0 Å². The van der Waals surface area contributed by atoms with Crippen LogP contribution in [0.3, 0.4) is 0 Å². The first-order chi connectivity index (χ1) is 8.08. The van der Waals surface area contributed by atoms with E-state index in [0.717, 1.165) is 5.56 Å². The van der Waals surface area contributed by atoms with E-state index in [4.69, 9.17) is 10.9 Å². The normalized spacial score (nSPS) is 12.2. The van der Waals surface area contributed by atoms with Crippen LogP contribution in [0.1, 0.15) is 12.5 Å². The molecule has 0 amide bonds. The van der Waals surface area contributed by atoms with Gasteiger partial charge in [-0.2, -0.15) is 11.8 Å². The van der Waals surface area contributed by atoms with Crippen molar-refractivity contribution in [3.05, 3.63) is 33.9 Å². The number of aliphatic hydroxyl groups is 1. The van der Waals surface area contributed by atoms with Gasteiger partial charge in [-0.25, -0.2) is 0 Å². The van der Waals surface area contributed by atoms with Crippen LogP contribution in [-0.2, 0) is 5.75 Å². The van der Waals surface area contributed by atoms with Gasteiger partial charge >= 0.3 is 0 Å². The second kappa shape index (κ2) is 6.43. The second-order valence-corrected chi connectivity index (χ2v) is 4.98. The summed E-state index contributed by atoms with van der Waals surface area (Å²) >= 11 is 1.57. The third-order valence-electron chi connectivity index (χ3n) is 2.20. The smallest absolute Gasteiger partial charge is 0.293 e. The number of rotatable bonds is 6. The zero-order valence-electron chi connectivity index (χ0n) is 9.42. The molecule has 0 bridgehead atoms. The first-order valence-corrected chi connectivity index (χ1v) is 6.09. The molecule has 1 aromatic rings. The molecule has 6 nitrogen and oxygen atoms in total. The molecule has 0 saturated heterocycles. The summed E-state index contributed by atoms with van der Waals surface area (Å²) in [5.41, 5.74) is 3.49. The lowest BCUT2D eigenvalue weighted by Crippen LogP contribution is -2.09. The number of nitrogens with one attached hydrogen (secondary N) is 1. The molecule has 94 valence electrons. The summed E-state index contributed by atoms with van der Waals surface area (Å²) in [6.07, 6.45) is 0. The molecule has 0 saturated carbocycles. The Kier molecular flexibility index (Phi) is 5.20. The van der Waals surface area contributed by atoms with Crippen LogP contribution < -0.4 is 11.3 Å². The number of benzene rings is 1. The fourth-order valence-electron chi connectivity index (χ4n) is 1.24. The summed E-state index contributed by atoms with van der Waals surface area (Å²) in [4.78, 5) is 10.2. The van der Waals surface area contributed by atoms with Crippen LogP contribution in [-0.4, -0.2) is 21.9 Å². The predicted molar refractivity (Wildman–Crippen MR) is 68.7 cm³/mol.